The lowest BCUT2D eigenvalue weighted by atomic mass is 10.1. The summed E-state index contributed by atoms with van der Waals surface area (Å²) < 4.78 is 64.7. The molecule has 2 rings (SSSR count). The fourth-order valence-corrected chi connectivity index (χ4v) is 3.56. The van der Waals surface area contributed by atoms with Crippen LogP contribution in [0.25, 0.3) is 0 Å². The molecule has 10 heteroatoms. The number of nitrogens with zero attached hydrogens (tertiary/aromatic N) is 1. The average Bonchev–Trinajstić information content (AvgIpc) is 2.98. The summed E-state index contributed by atoms with van der Waals surface area (Å²) in [5, 5.41) is 12.0. The zero-order chi connectivity index (χ0) is 17.1. The minimum Gasteiger partial charge on any atom is -0.314 e. The molecule has 1 aromatic carbocycles. The molecule has 0 saturated carbocycles. The number of hydrogen-bond acceptors (Lipinski definition) is 4. The zero-order valence-electron chi connectivity index (χ0n) is 12.6. The molecule has 1 heterocycles. The van der Waals surface area contributed by atoms with Crippen LogP contribution >= 0.6 is 12.4 Å². The van der Waals surface area contributed by atoms with Crippen LogP contribution in [-0.2, 0) is 16.2 Å². The lowest BCUT2D eigenvalue weighted by Crippen LogP contribution is -2.30. The van der Waals surface area contributed by atoms with E-state index in [1.807, 2.05) is 0 Å². The Labute approximate surface area is 144 Å². The lowest BCUT2D eigenvalue weighted by molar-refractivity contribution is -0.137. The highest BCUT2D eigenvalue weighted by atomic mass is 35.5. The summed E-state index contributed by atoms with van der Waals surface area (Å²) in [7, 11) is -3.94. The van der Waals surface area contributed by atoms with E-state index in [9.17, 15) is 21.6 Å². The van der Waals surface area contributed by atoms with E-state index in [1.165, 1.54) is 6.07 Å². The monoisotopic (exact) mass is 383 g/mol. The smallest absolute Gasteiger partial charge is 0.314 e. The predicted octanol–water partition coefficient (Wildman–Crippen LogP) is 2.42. The van der Waals surface area contributed by atoms with Crippen molar-refractivity contribution in [1.29, 1.82) is 5.26 Å². The fraction of sp³-hybridized carbons (Fsp3) is 0.500. The summed E-state index contributed by atoms with van der Waals surface area (Å²) in [5.74, 6) is 0. The van der Waals surface area contributed by atoms with E-state index >= 15 is 0 Å². The summed E-state index contributed by atoms with van der Waals surface area (Å²) in [6.45, 7) is 1.09. The quantitative estimate of drug-likeness (QED) is 0.818. The van der Waals surface area contributed by atoms with Gasteiger partial charge in [-0.2, -0.15) is 18.4 Å². The number of rotatable bonds is 5. The molecular weight excluding hydrogens is 367 g/mol. The molecule has 0 amide bonds. The van der Waals surface area contributed by atoms with Crippen LogP contribution in [0.1, 0.15) is 30.4 Å². The van der Waals surface area contributed by atoms with Gasteiger partial charge in [-0.25, -0.2) is 13.1 Å². The number of hydrogen-bond donors (Lipinski definition) is 2. The van der Waals surface area contributed by atoms with E-state index in [4.69, 9.17) is 5.26 Å². The second-order valence-electron chi connectivity index (χ2n) is 5.30. The van der Waals surface area contributed by atoms with Crippen molar-refractivity contribution in [3.05, 3.63) is 29.3 Å². The predicted molar refractivity (Wildman–Crippen MR) is 84.2 cm³/mol. The van der Waals surface area contributed by atoms with E-state index in [0.29, 0.717) is 12.5 Å². The number of sulfonamides is 1. The summed E-state index contributed by atoms with van der Waals surface area (Å²) >= 11 is 0. The average molecular weight is 384 g/mol. The van der Waals surface area contributed by atoms with Gasteiger partial charge in [0.1, 0.15) is 0 Å². The third kappa shape index (κ3) is 5.08. The Morgan fingerprint density at radius 3 is 2.62 bits per heavy atom. The van der Waals surface area contributed by atoms with Crippen LogP contribution in [0.4, 0.5) is 13.2 Å². The van der Waals surface area contributed by atoms with Crippen LogP contribution in [0.2, 0.25) is 0 Å². The Hall–Kier alpha value is -1.34. The van der Waals surface area contributed by atoms with Crippen LogP contribution < -0.4 is 10.0 Å². The highest BCUT2D eigenvalue weighted by Gasteiger charge is 2.34. The van der Waals surface area contributed by atoms with E-state index < -0.39 is 27.3 Å². The molecule has 1 saturated heterocycles. The van der Waals surface area contributed by atoms with Crippen molar-refractivity contribution in [3.63, 3.8) is 0 Å². The van der Waals surface area contributed by atoms with Crippen LogP contribution in [0.5, 0.6) is 0 Å². The molecule has 2 N–H and O–H groups in total. The first-order valence-corrected chi connectivity index (χ1v) is 8.57. The van der Waals surface area contributed by atoms with E-state index in [2.05, 4.69) is 10.0 Å². The summed E-state index contributed by atoms with van der Waals surface area (Å²) in [6, 6.07) is 3.87. The molecule has 1 aromatic rings. The maximum Gasteiger partial charge on any atom is 0.417 e. The third-order valence-corrected chi connectivity index (χ3v) is 5.13. The highest BCUT2D eigenvalue weighted by molar-refractivity contribution is 7.89. The first-order chi connectivity index (χ1) is 10.7. The second-order valence-corrected chi connectivity index (χ2v) is 7.06. The Morgan fingerprint density at radius 1 is 1.38 bits per heavy atom. The first-order valence-electron chi connectivity index (χ1n) is 7.08. The minimum absolute atomic E-state index is 0. The van der Waals surface area contributed by atoms with Crippen molar-refractivity contribution in [2.24, 2.45) is 0 Å². The highest BCUT2D eigenvalue weighted by Crippen LogP contribution is 2.32. The number of nitrogens with one attached hydrogen (secondary N) is 2. The van der Waals surface area contributed by atoms with Gasteiger partial charge in [-0.05, 0) is 44.0 Å². The van der Waals surface area contributed by atoms with E-state index in [0.717, 1.165) is 31.5 Å². The standard InChI is InChI=1S/C14H16F3N3O2S.ClH/c15-14(16,17)13-4-3-12(8-10(13)9-18)23(21,22)20-7-5-11-2-1-6-19-11;/h3-4,8,11,19-20H,1-2,5-7H2;1H/t11-;/m1./s1. The van der Waals surface area contributed by atoms with Crippen molar-refractivity contribution >= 4 is 22.4 Å². The minimum atomic E-state index is -4.70. The molecule has 1 aliphatic heterocycles. The van der Waals surface area contributed by atoms with Gasteiger partial charge in [0.05, 0.1) is 22.1 Å². The molecule has 1 atom stereocenters. The fourth-order valence-electron chi connectivity index (χ4n) is 2.48. The van der Waals surface area contributed by atoms with E-state index in [1.54, 1.807) is 0 Å². The summed E-state index contributed by atoms with van der Waals surface area (Å²) in [6.07, 6.45) is -2.08. The normalized spacial score (nSPS) is 18.0. The van der Waals surface area contributed by atoms with Gasteiger partial charge in [0.2, 0.25) is 10.0 Å². The summed E-state index contributed by atoms with van der Waals surface area (Å²) in [4.78, 5) is -0.346. The number of benzene rings is 1. The third-order valence-electron chi connectivity index (χ3n) is 3.67. The van der Waals surface area contributed by atoms with Gasteiger partial charge < -0.3 is 5.32 Å². The molecule has 134 valence electrons. The van der Waals surface area contributed by atoms with Crippen LogP contribution in [0, 0.1) is 11.3 Å². The van der Waals surface area contributed by atoms with Gasteiger partial charge in [0.15, 0.2) is 0 Å². The molecule has 0 spiro atoms. The second kappa shape index (κ2) is 8.16. The molecule has 0 unspecified atom stereocenters. The molecule has 24 heavy (non-hydrogen) atoms. The number of nitriles is 1. The van der Waals surface area contributed by atoms with Gasteiger partial charge in [0.25, 0.3) is 0 Å². The van der Waals surface area contributed by atoms with Gasteiger partial charge in [-0.1, -0.05) is 0 Å². The van der Waals surface area contributed by atoms with Gasteiger partial charge in [-0.3, -0.25) is 0 Å². The van der Waals surface area contributed by atoms with Crippen molar-refractivity contribution in [3.8, 4) is 6.07 Å². The SMILES string of the molecule is Cl.N#Cc1cc(S(=O)(=O)NCC[C@H]2CCCN2)ccc1C(F)(F)F. The van der Waals surface area contributed by atoms with Crippen LogP contribution in [-0.4, -0.2) is 27.5 Å². The molecule has 1 aliphatic rings. The Balaban J connectivity index is 0.00000288. The van der Waals surface area contributed by atoms with Crippen LogP contribution in [0.3, 0.4) is 0 Å². The van der Waals surface area contributed by atoms with Crippen molar-refractivity contribution in [1.82, 2.24) is 10.0 Å². The Kier molecular flexibility index (Phi) is 7.04. The van der Waals surface area contributed by atoms with Gasteiger partial charge in [0, 0.05) is 12.6 Å². The largest absolute Gasteiger partial charge is 0.417 e. The van der Waals surface area contributed by atoms with Crippen LogP contribution in [0.15, 0.2) is 23.1 Å². The lowest BCUT2D eigenvalue weighted by Gasteiger charge is -2.13. The van der Waals surface area contributed by atoms with Gasteiger partial charge in [-0.15, -0.1) is 12.4 Å². The molecule has 0 radical (unpaired) electrons. The Bertz CT molecular complexity index is 711. The van der Waals surface area contributed by atoms with Crippen molar-refractivity contribution in [2.45, 2.75) is 36.4 Å². The number of halogens is 4. The molecule has 0 aliphatic carbocycles. The van der Waals surface area contributed by atoms with E-state index in [-0.39, 0.29) is 29.9 Å². The zero-order valence-corrected chi connectivity index (χ0v) is 14.2. The molecule has 1 fully saturated rings. The van der Waals surface area contributed by atoms with Crippen molar-refractivity contribution < 1.29 is 21.6 Å². The Morgan fingerprint density at radius 2 is 2.08 bits per heavy atom. The number of alkyl halides is 3. The molecular formula is C14H17ClF3N3O2S. The van der Waals surface area contributed by atoms with Crippen molar-refractivity contribution in [2.75, 3.05) is 13.1 Å². The summed E-state index contributed by atoms with van der Waals surface area (Å²) in [5.41, 5.74) is -1.85. The maximum absolute atomic E-state index is 12.7. The molecule has 0 aromatic heterocycles. The maximum atomic E-state index is 12.7. The molecule has 5 nitrogen and oxygen atoms in total. The molecule has 0 bridgehead atoms. The topological polar surface area (TPSA) is 82.0 Å². The first kappa shape index (κ1) is 20.7. The van der Waals surface area contributed by atoms with Gasteiger partial charge >= 0.3 is 6.18 Å².